The van der Waals surface area contributed by atoms with Gasteiger partial charge in [0, 0.05) is 43.5 Å². The van der Waals surface area contributed by atoms with E-state index in [9.17, 15) is 18.5 Å². The van der Waals surface area contributed by atoms with Crippen LogP contribution >= 0.6 is 0 Å². The smallest absolute Gasteiger partial charge is 0.269 e. The highest BCUT2D eigenvalue weighted by Crippen LogP contribution is 2.27. The molecule has 4 rings (SSSR count). The van der Waals surface area contributed by atoms with Crippen LogP contribution < -0.4 is 4.90 Å². The topological polar surface area (TPSA) is 83.8 Å². The second kappa shape index (κ2) is 7.46. The van der Waals surface area contributed by atoms with Crippen LogP contribution in [0.1, 0.15) is 6.92 Å². The molecule has 1 saturated heterocycles. The molecule has 1 heterocycles. The maximum absolute atomic E-state index is 13.2. The molecule has 1 fully saturated rings. The molecule has 1 aliphatic heterocycles. The highest BCUT2D eigenvalue weighted by molar-refractivity contribution is 7.89. The molecule has 29 heavy (non-hydrogen) atoms. The molecule has 150 valence electrons. The Balaban J connectivity index is 1.54. The molecule has 0 aromatic heterocycles. The monoisotopic (exact) mass is 411 g/mol. The average molecular weight is 411 g/mol. The zero-order valence-electron chi connectivity index (χ0n) is 15.9. The zero-order valence-corrected chi connectivity index (χ0v) is 16.7. The maximum Gasteiger partial charge on any atom is 0.269 e. The number of piperazine rings is 1. The minimum Gasteiger partial charge on any atom is -0.369 e. The van der Waals surface area contributed by atoms with E-state index in [4.69, 9.17) is 0 Å². The lowest BCUT2D eigenvalue weighted by molar-refractivity contribution is -0.384. The molecule has 0 radical (unpaired) electrons. The summed E-state index contributed by atoms with van der Waals surface area (Å²) in [6.45, 7) is 3.28. The average Bonchev–Trinajstić information content (AvgIpc) is 2.73. The van der Waals surface area contributed by atoms with Gasteiger partial charge in [-0.3, -0.25) is 10.1 Å². The second-order valence-corrected chi connectivity index (χ2v) is 9.08. The van der Waals surface area contributed by atoms with Crippen molar-refractivity contribution in [2.45, 2.75) is 17.9 Å². The number of rotatable bonds is 4. The largest absolute Gasteiger partial charge is 0.369 e. The zero-order chi connectivity index (χ0) is 20.6. The van der Waals surface area contributed by atoms with Crippen LogP contribution in [0.15, 0.2) is 71.6 Å². The number of fused-ring (bicyclic) bond motifs is 1. The van der Waals surface area contributed by atoms with Crippen LogP contribution in [0.5, 0.6) is 0 Å². The number of nitrogens with zero attached hydrogens (tertiary/aromatic N) is 3. The normalized spacial score (nSPS) is 18.1. The number of nitro benzene ring substituents is 1. The first kappa shape index (κ1) is 19.4. The van der Waals surface area contributed by atoms with Gasteiger partial charge < -0.3 is 4.90 Å². The summed E-state index contributed by atoms with van der Waals surface area (Å²) in [5.74, 6) is 0. The van der Waals surface area contributed by atoms with Crippen molar-refractivity contribution in [1.82, 2.24) is 4.31 Å². The van der Waals surface area contributed by atoms with E-state index in [1.807, 2.05) is 37.3 Å². The number of hydrogen-bond donors (Lipinski definition) is 0. The van der Waals surface area contributed by atoms with E-state index in [1.165, 1.54) is 12.1 Å². The lowest BCUT2D eigenvalue weighted by atomic mass is 10.1. The Kier molecular flexibility index (Phi) is 4.97. The molecule has 0 aliphatic carbocycles. The predicted molar refractivity (Wildman–Crippen MR) is 113 cm³/mol. The summed E-state index contributed by atoms with van der Waals surface area (Å²) in [4.78, 5) is 12.8. The molecule has 0 bridgehead atoms. The van der Waals surface area contributed by atoms with Gasteiger partial charge in [-0.15, -0.1) is 0 Å². The van der Waals surface area contributed by atoms with Crippen molar-refractivity contribution in [1.29, 1.82) is 0 Å². The highest BCUT2D eigenvalue weighted by atomic mass is 32.2. The fourth-order valence-electron chi connectivity index (χ4n) is 3.78. The number of anilines is 1. The number of nitro groups is 1. The van der Waals surface area contributed by atoms with E-state index in [0.717, 1.165) is 16.5 Å². The molecule has 3 aromatic carbocycles. The predicted octanol–water partition coefficient (Wildman–Crippen LogP) is 3.65. The van der Waals surface area contributed by atoms with Gasteiger partial charge in [-0.25, -0.2) is 8.42 Å². The van der Waals surface area contributed by atoms with E-state index < -0.39 is 14.9 Å². The minimum absolute atomic E-state index is 0.0410. The Morgan fingerprint density at radius 1 is 0.966 bits per heavy atom. The van der Waals surface area contributed by atoms with Crippen molar-refractivity contribution in [2.24, 2.45) is 0 Å². The summed E-state index contributed by atoms with van der Waals surface area (Å²) >= 11 is 0. The van der Waals surface area contributed by atoms with Crippen LogP contribution in [-0.2, 0) is 10.0 Å². The number of hydrogen-bond acceptors (Lipinski definition) is 5. The number of sulfonamides is 1. The molecule has 1 unspecified atom stereocenters. The van der Waals surface area contributed by atoms with Crippen LogP contribution in [0.2, 0.25) is 0 Å². The fourth-order valence-corrected chi connectivity index (χ4v) is 5.43. The molecule has 8 heteroatoms. The van der Waals surface area contributed by atoms with E-state index in [1.54, 1.807) is 28.6 Å². The van der Waals surface area contributed by atoms with E-state index in [0.29, 0.717) is 24.5 Å². The van der Waals surface area contributed by atoms with Gasteiger partial charge in [-0.2, -0.15) is 4.31 Å². The Morgan fingerprint density at radius 2 is 1.66 bits per heavy atom. The van der Waals surface area contributed by atoms with Crippen LogP contribution in [0, 0.1) is 10.1 Å². The van der Waals surface area contributed by atoms with Gasteiger partial charge in [0.2, 0.25) is 10.0 Å². The Morgan fingerprint density at radius 3 is 2.31 bits per heavy atom. The van der Waals surface area contributed by atoms with Gasteiger partial charge >= 0.3 is 0 Å². The Bertz CT molecular complexity index is 1160. The second-order valence-electron chi connectivity index (χ2n) is 7.19. The van der Waals surface area contributed by atoms with Gasteiger partial charge in [0.25, 0.3) is 5.69 Å². The van der Waals surface area contributed by atoms with Gasteiger partial charge in [0.1, 0.15) is 0 Å². The Labute approximate surface area is 169 Å². The fraction of sp³-hybridized carbons (Fsp3) is 0.238. The van der Waals surface area contributed by atoms with E-state index in [2.05, 4.69) is 4.90 Å². The van der Waals surface area contributed by atoms with Crippen molar-refractivity contribution >= 4 is 32.2 Å². The van der Waals surface area contributed by atoms with Crippen molar-refractivity contribution in [2.75, 3.05) is 24.5 Å². The summed E-state index contributed by atoms with van der Waals surface area (Å²) in [5.41, 5.74) is 0.893. The lowest BCUT2D eigenvalue weighted by Gasteiger charge is -2.40. The molecule has 7 nitrogen and oxygen atoms in total. The lowest BCUT2D eigenvalue weighted by Crippen LogP contribution is -2.54. The first-order chi connectivity index (χ1) is 13.9. The third-order valence-corrected chi connectivity index (χ3v) is 7.33. The SMILES string of the molecule is CC1CN(c2ccc([N+](=O)[O-])cc2)CCN1S(=O)(=O)c1ccc2ccccc2c1. The molecule has 1 atom stereocenters. The first-order valence-electron chi connectivity index (χ1n) is 9.36. The molecule has 3 aromatic rings. The molecular formula is C21H21N3O4S. The third kappa shape index (κ3) is 3.68. The van der Waals surface area contributed by atoms with Crippen molar-refractivity contribution in [3.63, 3.8) is 0 Å². The number of benzene rings is 3. The van der Waals surface area contributed by atoms with Crippen molar-refractivity contribution < 1.29 is 13.3 Å². The van der Waals surface area contributed by atoms with Crippen molar-refractivity contribution in [3.8, 4) is 0 Å². The first-order valence-corrected chi connectivity index (χ1v) is 10.8. The maximum atomic E-state index is 13.2. The summed E-state index contributed by atoms with van der Waals surface area (Å²) in [6.07, 6.45) is 0. The van der Waals surface area contributed by atoms with Gasteiger partial charge in [-0.1, -0.05) is 30.3 Å². The highest BCUT2D eigenvalue weighted by Gasteiger charge is 2.34. The van der Waals surface area contributed by atoms with E-state index in [-0.39, 0.29) is 11.7 Å². The summed E-state index contributed by atoms with van der Waals surface area (Å²) in [7, 11) is -3.61. The van der Waals surface area contributed by atoms with Gasteiger partial charge in [0.05, 0.1) is 9.82 Å². The van der Waals surface area contributed by atoms with Gasteiger partial charge in [-0.05, 0) is 42.0 Å². The summed E-state index contributed by atoms with van der Waals surface area (Å²) < 4.78 is 28.0. The minimum atomic E-state index is -3.61. The Hall–Kier alpha value is -2.97. The van der Waals surface area contributed by atoms with Crippen LogP contribution in [-0.4, -0.2) is 43.3 Å². The quantitative estimate of drug-likeness (QED) is 0.483. The van der Waals surface area contributed by atoms with E-state index >= 15 is 0 Å². The van der Waals surface area contributed by atoms with Crippen molar-refractivity contribution in [3.05, 3.63) is 76.8 Å². The standard InChI is InChI=1S/C21H21N3O4S/c1-16-15-22(19-7-9-20(10-8-19)24(25)26)12-13-23(16)29(27,28)21-11-6-17-4-2-3-5-18(17)14-21/h2-11,14,16H,12-13,15H2,1H3. The molecular weight excluding hydrogens is 390 g/mol. The molecule has 1 aliphatic rings. The molecule has 0 N–H and O–H groups in total. The summed E-state index contributed by atoms with van der Waals surface area (Å²) in [5, 5.41) is 12.7. The van der Waals surface area contributed by atoms with Crippen LogP contribution in [0.25, 0.3) is 10.8 Å². The van der Waals surface area contributed by atoms with Crippen LogP contribution in [0.4, 0.5) is 11.4 Å². The van der Waals surface area contributed by atoms with Gasteiger partial charge in [0.15, 0.2) is 0 Å². The summed E-state index contributed by atoms with van der Waals surface area (Å²) in [6, 6.07) is 19.0. The molecule has 0 amide bonds. The molecule has 0 saturated carbocycles. The third-order valence-electron chi connectivity index (χ3n) is 5.32. The number of non-ortho nitro benzene ring substituents is 1. The van der Waals surface area contributed by atoms with Crippen LogP contribution in [0.3, 0.4) is 0 Å². The molecule has 0 spiro atoms.